The van der Waals surface area contributed by atoms with Crippen molar-refractivity contribution >= 4 is 11.8 Å². The third-order valence-electron chi connectivity index (χ3n) is 6.48. The Kier molecular flexibility index (Phi) is 3.62. The van der Waals surface area contributed by atoms with Gasteiger partial charge in [-0.15, -0.1) is 0 Å². The zero-order chi connectivity index (χ0) is 18.7. The standard InChI is InChI=1S/C22H22N2O3/c1-23-21(25)17-18(22(23)26)20(15-9-5-6-10-16(15)27-2)24-12-11-13-7-3-4-8-14(13)19(17)24/h3-10,17-20H,11-12H2,1-2H3/t17-,18+,19-,20-/m0/s1. The van der Waals surface area contributed by atoms with Gasteiger partial charge in [-0.05, 0) is 23.6 Å². The lowest BCUT2D eigenvalue weighted by atomic mass is 9.83. The normalized spacial score (nSPS) is 29.5. The molecule has 27 heavy (non-hydrogen) atoms. The van der Waals surface area contributed by atoms with E-state index in [0.717, 1.165) is 24.3 Å². The van der Waals surface area contributed by atoms with Crippen molar-refractivity contribution < 1.29 is 14.3 Å². The molecule has 0 N–H and O–H groups in total. The second-order valence-electron chi connectivity index (χ2n) is 7.61. The van der Waals surface area contributed by atoms with Gasteiger partial charge in [-0.3, -0.25) is 19.4 Å². The fourth-order valence-corrected chi connectivity index (χ4v) is 5.34. The highest BCUT2D eigenvalue weighted by Crippen LogP contribution is 2.58. The van der Waals surface area contributed by atoms with Crippen molar-refractivity contribution in [2.75, 3.05) is 20.7 Å². The first-order chi connectivity index (χ1) is 13.1. The zero-order valence-corrected chi connectivity index (χ0v) is 15.5. The number of nitrogens with zero attached hydrogens (tertiary/aromatic N) is 2. The van der Waals surface area contributed by atoms with Crippen LogP contribution in [0.3, 0.4) is 0 Å². The van der Waals surface area contributed by atoms with Gasteiger partial charge in [0.1, 0.15) is 5.75 Å². The highest BCUT2D eigenvalue weighted by atomic mass is 16.5. The molecular formula is C22H22N2O3. The summed E-state index contributed by atoms with van der Waals surface area (Å²) in [5.41, 5.74) is 3.47. The minimum absolute atomic E-state index is 0.0590. The molecule has 2 aromatic rings. The Labute approximate surface area is 158 Å². The Morgan fingerprint density at radius 1 is 0.889 bits per heavy atom. The fourth-order valence-electron chi connectivity index (χ4n) is 5.34. The summed E-state index contributed by atoms with van der Waals surface area (Å²) in [6, 6.07) is 16.0. The Balaban J connectivity index is 1.71. The van der Waals surface area contributed by atoms with Gasteiger partial charge in [0.15, 0.2) is 0 Å². The van der Waals surface area contributed by atoms with Crippen LogP contribution in [0.4, 0.5) is 0 Å². The smallest absolute Gasteiger partial charge is 0.234 e. The minimum Gasteiger partial charge on any atom is -0.496 e. The van der Waals surface area contributed by atoms with Gasteiger partial charge in [0.25, 0.3) is 0 Å². The van der Waals surface area contributed by atoms with Crippen LogP contribution in [0.1, 0.15) is 28.8 Å². The second-order valence-corrected chi connectivity index (χ2v) is 7.61. The molecule has 5 rings (SSSR count). The maximum absolute atomic E-state index is 13.1. The molecule has 0 spiro atoms. The number of hydrogen-bond acceptors (Lipinski definition) is 4. The first kappa shape index (κ1) is 16.5. The fraction of sp³-hybridized carbons (Fsp3) is 0.364. The van der Waals surface area contributed by atoms with Gasteiger partial charge < -0.3 is 4.74 Å². The van der Waals surface area contributed by atoms with Crippen molar-refractivity contribution in [2.45, 2.75) is 18.5 Å². The third-order valence-corrected chi connectivity index (χ3v) is 6.48. The number of carbonyl (C=O) groups is 2. The van der Waals surface area contributed by atoms with E-state index < -0.39 is 0 Å². The average Bonchev–Trinajstić information content (AvgIpc) is 3.16. The van der Waals surface area contributed by atoms with Crippen LogP contribution in [-0.4, -0.2) is 42.3 Å². The number of hydrogen-bond donors (Lipinski definition) is 0. The van der Waals surface area contributed by atoms with Crippen LogP contribution in [0.2, 0.25) is 0 Å². The number of benzene rings is 2. The van der Waals surface area contributed by atoms with E-state index in [9.17, 15) is 9.59 Å². The van der Waals surface area contributed by atoms with E-state index in [2.05, 4.69) is 17.0 Å². The van der Waals surface area contributed by atoms with Gasteiger partial charge in [0.2, 0.25) is 11.8 Å². The summed E-state index contributed by atoms with van der Waals surface area (Å²) in [6.45, 7) is 0.835. The number of imide groups is 1. The van der Waals surface area contributed by atoms with Gasteiger partial charge in [-0.1, -0.05) is 42.5 Å². The van der Waals surface area contributed by atoms with Crippen molar-refractivity contribution in [3.63, 3.8) is 0 Å². The predicted molar refractivity (Wildman–Crippen MR) is 100 cm³/mol. The lowest BCUT2D eigenvalue weighted by Crippen LogP contribution is -2.40. The predicted octanol–water partition coefficient (Wildman–Crippen LogP) is 2.58. The molecule has 138 valence electrons. The van der Waals surface area contributed by atoms with E-state index in [0.29, 0.717) is 0 Å². The van der Waals surface area contributed by atoms with Crippen molar-refractivity contribution in [1.82, 2.24) is 9.80 Å². The molecule has 5 nitrogen and oxygen atoms in total. The van der Waals surface area contributed by atoms with Crippen LogP contribution in [0.15, 0.2) is 48.5 Å². The molecule has 2 saturated heterocycles. The number of rotatable bonds is 2. The topological polar surface area (TPSA) is 49.9 Å². The first-order valence-electron chi connectivity index (χ1n) is 9.41. The van der Waals surface area contributed by atoms with Crippen molar-refractivity contribution in [3.05, 3.63) is 65.2 Å². The number of para-hydroxylation sites is 1. The SMILES string of the molecule is COc1ccccc1[C@H]1[C@@H]2C(=O)N(C)C(=O)[C@@H]2[C@@H]2c3ccccc3CCN12. The highest BCUT2D eigenvalue weighted by molar-refractivity contribution is 6.06. The van der Waals surface area contributed by atoms with E-state index in [1.54, 1.807) is 14.2 Å². The number of amides is 2. The lowest BCUT2D eigenvalue weighted by molar-refractivity contribution is -0.140. The van der Waals surface area contributed by atoms with Crippen LogP contribution >= 0.6 is 0 Å². The Hall–Kier alpha value is -2.66. The van der Waals surface area contributed by atoms with E-state index in [-0.39, 0.29) is 35.7 Å². The number of likely N-dealkylation sites (tertiary alicyclic amines) is 1. The molecule has 0 unspecified atom stereocenters. The molecule has 0 saturated carbocycles. The van der Waals surface area contributed by atoms with Crippen LogP contribution < -0.4 is 4.74 Å². The Bertz CT molecular complexity index is 941. The van der Waals surface area contributed by atoms with E-state index in [4.69, 9.17) is 4.74 Å². The molecule has 4 atom stereocenters. The molecule has 0 radical (unpaired) electrons. The molecule has 2 fully saturated rings. The lowest BCUT2D eigenvalue weighted by Gasteiger charge is -2.38. The summed E-state index contributed by atoms with van der Waals surface area (Å²) in [4.78, 5) is 29.8. The van der Waals surface area contributed by atoms with Gasteiger partial charge in [0.05, 0.1) is 25.0 Å². The van der Waals surface area contributed by atoms with Crippen LogP contribution in [-0.2, 0) is 16.0 Å². The molecule has 2 amide bonds. The summed E-state index contributed by atoms with van der Waals surface area (Å²) < 4.78 is 5.61. The summed E-state index contributed by atoms with van der Waals surface area (Å²) in [5, 5.41) is 0. The highest BCUT2D eigenvalue weighted by Gasteiger charge is 2.62. The van der Waals surface area contributed by atoms with Crippen molar-refractivity contribution in [3.8, 4) is 5.75 Å². The molecule has 2 aromatic carbocycles. The second kappa shape index (κ2) is 5.92. The molecule has 0 bridgehead atoms. The summed E-state index contributed by atoms with van der Waals surface area (Å²) >= 11 is 0. The number of ether oxygens (including phenoxy) is 1. The molecule has 0 aromatic heterocycles. The third kappa shape index (κ3) is 2.15. The summed E-state index contributed by atoms with van der Waals surface area (Å²) in [5.74, 6) is -0.0636. The van der Waals surface area contributed by atoms with Gasteiger partial charge in [-0.25, -0.2) is 0 Å². The zero-order valence-electron chi connectivity index (χ0n) is 15.5. The maximum atomic E-state index is 13.1. The van der Waals surface area contributed by atoms with Crippen LogP contribution in [0.25, 0.3) is 0 Å². The van der Waals surface area contributed by atoms with Gasteiger partial charge in [-0.2, -0.15) is 0 Å². The summed E-state index contributed by atoms with van der Waals surface area (Å²) in [7, 11) is 3.27. The molecule has 3 aliphatic heterocycles. The maximum Gasteiger partial charge on any atom is 0.234 e. The minimum atomic E-state index is -0.366. The molecule has 0 aliphatic carbocycles. The average molecular weight is 362 g/mol. The Morgan fingerprint density at radius 3 is 2.19 bits per heavy atom. The van der Waals surface area contributed by atoms with Gasteiger partial charge >= 0.3 is 0 Å². The molecule has 5 heteroatoms. The quantitative estimate of drug-likeness (QED) is 0.771. The summed E-state index contributed by atoms with van der Waals surface area (Å²) in [6.07, 6.45) is 0.927. The largest absolute Gasteiger partial charge is 0.496 e. The van der Waals surface area contributed by atoms with E-state index >= 15 is 0 Å². The molecule has 3 heterocycles. The van der Waals surface area contributed by atoms with Crippen LogP contribution in [0, 0.1) is 11.8 Å². The monoisotopic (exact) mass is 362 g/mol. The Morgan fingerprint density at radius 2 is 1.48 bits per heavy atom. The molecule has 3 aliphatic rings. The number of methoxy groups -OCH3 is 1. The molecular weight excluding hydrogens is 340 g/mol. The van der Waals surface area contributed by atoms with Crippen molar-refractivity contribution in [1.29, 1.82) is 0 Å². The van der Waals surface area contributed by atoms with E-state index in [1.807, 2.05) is 36.4 Å². The van der Waals surface area contributed by atoms with Gasteiger partial charge in [0, 0.05) is 25.2 Å². The van der Waals surface area contributed by atoms with Crippen LogP contribution in [0.5, 0.6) is 5.75 Å². The first-order valence-corrected chi connectivity index (χ1v) is 9.41. The number of fused-ring (bicyclic) bond motifs is 5. The van der Waals surface area contributed by atoms with E-state index in [1.165, 1.54) is 16.0 Å². The number of carbonyl (C=O) groups excluding carboxylic acids is 2. The van der Waals surface area contributed by atoms with Crippen molar-refractivity contribution in [2.24, 2.45) is 11.8 Å².